The molecular weight excluding hydrogens is 405 g/mol. The van der Waals surface area contributed by atoms with Gasteiger partial charge in [0.25, 0.3) is 0 Å². The molecule has 0 bridgehead atoms. The van der Waals surface area contributed by atoms with Crippen LogP contribution in [-0.4, -0.2) is 43.0 Å². The van der Waals surface area contributed by atoms with Gasteiger partial charge >= 0.3 is 6.03 Å². The zero-order valence-corrected chi connectivity index (χ0v) is 16.9. The summed E-state index contributed by atoms with van der Waals surface area (Å²) in [5.74, 6) is -5.31. The van der Waals surface area contributed by atoms with E-state index < -0.39 is 41.6 Å². The first-order valence-electron chi connectivity index (χ1n) is 9.08. The molecule has 1 heterocycles. The Labute approximate surface area is 171 Å². The number of amides is 3. The second kappa shape index (κ2) is 10.8. The van der Waals surface area contributed by atoms with E-state index in [4.69, 9.17) is 0 Å². The number of benzene rings is 1. The zero-order valence-electron chi connectivity index (χ0n) is 16.1. The molecule has 1 atom stereocenters. The molecule has 0 aliphatic rings. The highest BCUT2D eigenvalue weighted by Gasteiger charge is 2.20. The fourth-order valence-corrected chi connectivity index (χ4v) is 3.52. The van der Waals surface area contributed by atoms with Gasteiger partial charge in [-0.1, -0.05) is 13.8 Å². The van der Waals surface area contributed by atoms with Gasteiger partial charge in [0.2, 0.25) is 5.91 Å². The normalized spacial score (nSPS) is 11.9. The van der Waals surface area contributed by atoms with Crippen LogP contribution in [0.25, 0.3) is 0 Å². The van der Waals surface area contributed by atoms with Gasteiger partial charge in [0.1, 0.15) is 0 Å². The summed E-state index contributed by atoms with van der Waals surface area (Å²) in [4.78, 5) is 26.1. The fraction of sp³-hybridized carbons (Fsp3) is 0.368. The van der Waals surface area contributed by atoms with Crippen LogP contribution in [0.15, 0.2) is 29.0 Å². The van der Waals surface area contributed by atoms with E-state index in [-0.39, 0.29) is 6.04 Å². The van der Waals surface area contributed by atoms with Gasteiger partial charge in [-0.25, -0.2) is 18.0 Å². The van der Waals surface area contributed by atoms with E-state index in [1.54, 1.807) is 11.3 Å². The van der Waals surface area contributed by atoms with Crippen molar-refractivity contribution in [3.8, 4) is 0 Å². The van der Waals surface area contributed by atoms with Crippen LogP contribution in [0.5, 0.6) is 0 Å². The fourth-order valence-electron chi connectivity index (χ4n) is 2.82. The summed E-state index contributed by atoms with van der Waals surface area (Å²) in [6, 6.07) is 3.02. The number of carbonyl (C=O) groups is 2. The number of nitrogens with one attached hydrogen (secondary N) is 3. The maximum Gasteiger partial charge on any atom is 0.315 e. The molecule has 2 aromatic rings. The number of likely N-dealkylation sites (N-methyl/N-ethyl adjacent to an activating group) is 1. The Morgan fingerprint density at radius 2 is 1.79 bits per heavy atom. The van der Waals surface area contributed by atoms with Crippen LogP contribution in [0.2, 0.25) is 0 Å². The summed E-state index contributed by atoms with van der Waals surface area (Å²) in [7, 11) is 0. The second-order valence-electron chi connectivity index (χ2n) is 6.13. The molecule has 158 valence electrons. The van der Waals surface area contributed by atoms with Crippen LogP contribution < -0.4 is 16.0 Å². The van der Waals surface area contributed by atoms with Gasteiger partial charge in [0.05, 0.1) is 18.3 Å². The van der Waals surface area contributed by atoms with Gasteiger partial charge in [0.15, 0.2) is 17.5 Å². The van der Waals surface area contributed by atoms with Crippen LogP contribution in [-0.2, 0) is 4.79 Å². The van der Waals surface area contributed by atoms with Crippen molar-refractivity contribution in [3.63, 3.8) is 0 Å². The van der Waals surface area contributed by atoms with Gasteiger partial charge in [-0.3, -0.25) is 9.69 Å². The molecule has 1 aromatic carbocycles. The van der Waals surface area contributed by atoms with Crippen molar-refractivity contribution in [2.24, 2.45) is 0 Å². The first-order valence-corrected chi connectivity index (χ1v) is 10.0. The maximum atomic E-state index is 13.6. The Kier molecular flexibility index (Phi) is 8.47. The molecular formula is C19H23F3N4O2S. The number of nitrogens with zero attached hydrogens (tertiary/aromatic N) is 1. The van der Waals surface area contributed by atoms with Crippen molar-refractivity contribution in [1.29, 1.82) is 0 Å². The molecule has 0 radical (unpaired) electrons. The van der Waals surface area contributed by atoms with Crippen molar-refractivity contribution >= 4 is 29.0 Å². The van der Waals surface area contributed by atoms with Crippen molar-refractivity contribution in [1.82, 2.24) is 15.5 Å². The van der Waals surface area contributed by atoms with Gasteiger partial charge in [-0.15, -0.1) is 0 Å². The van der Waals surface area contributed by atoms with Gasteiger partial charge in [-0.05, 0) is 47.6 Å². The van der Waals surface area contributed by atoms with Crippen molar-refractivity contribution < 1.29 is 22.8 Å². The van der Waals surface area contributed by atoms with Crippen molar-refractivity contribution in [2.45, 2.75) is 19.9 Å². The summed E-state index contributed by atoms with van der Waals surface area (Å²) >= 11 is 1.57. The maximum absolute atomic E-state index is 13.6. The minimum atomic E-state index is -1.68. The van der Waals surface area contributed by atoms with Gasteiger partial charge in [0, 0.05) is 6.54 Å². The van der Waals surface area contributed by atoms with Crippen LogP contribution in [0.1, 0.15) is 25.5 Å². The third kappa shape index (κ3) is 6.20. The number of hydrogen-bond donors (Lipinski definition) is 3. The monoisotopic (exact) mass is 428 g/mol. The summed E-state index contributed by atoms with van der Waals surface area (Å²) in [5, 5.41) is 11.1. The predicted molar refractivity (Wildman–Crippen MR) is 106 cm³/mol. The van der Waals surface area contributed by atoms with E-state index in [0.717, 1.165) is 24.7 Å². The molecule has 3 N–H and O–H groups in total. The summed E-state index contributed by atoms with van der Waals surface area (Å²) < 4.78 is 39.7. The smallest absolute Gasteiger partial charge is 0.315 e. The highest BCUT2D eigenvalue weighted by Crippen LogP contribution is 2.22. The molecule has 6 nitrogen and oxygen atoms in total. The lowest BCUT2D eigenvalue weighted by Gasteiger charge is -2.29. The molecule has 0 saturated carbocycles. The van der Waals surface area contributed by atoms with E-state index in [1.807, 2.05) is 30.7 Å². The highest BCUT2D eigenvalue weighted by molar-refractivity contribution is 7.07. The Morgan fingerprint density at radius 1 is 1.07 bits per heavy atom. The van der Waals surface area contributed by atoms with Crippen LogP contribution in [0.4, 0.5) is 23.7 Å². The minimum absolute atomic E-state index is 0.00730. The van der Waals surface area contributed by atoms with E-state index in [1.165, 1.54) is 0 Å². The lowest BCUT2D eigenvalue weighted by molar-refractivity contribution is -0.115. The standard InChI is InChI=1S/C19H23F3N4O2S/c1-3-26(4-2)15(12-7-8-29-11-12)9-23-19(28)24-10-16(27)25-14-6-5-13(20)17(21)18(14)22/h5-8,11,15H,3-4,9-10H2,1-2H3,(H,25,27)(H2,23,24,28). The number of rotatable bonds is 9. The molecule has 0 aliphatic heterocycles. The number of halogens is 3. The van der Waals surface area contributed by atoms with E-state index in [9.17, 15) is 22.8 Å². The number of thiophene rings is 1. The van der Waals surface area contributed by atoms with Crippen molar-refractivity contribution in [2.75, 3.05) is 31.5 Å². The third-order valence-corrected chi connectivity index (χ3v) is 5.06. The van der Waals surface area contributed by atoms with Crippen LogP contribution >= 0.6 is 11.3 Å². The van der Waals surface area contributed by atoms with E-state index in [2.05, 4.69) is 20.9 Å². The number of anilines is 1. The molecule has 2 rings (SSSR count). The third-order valence-electron chi connectivity index (χ3n) is 4.36. The van der Waals surface area contributed by atoms with E-state index >= 15 is 0 Å². The molecule has 3 amide bonds. The first kappa shape index (κ1) is 22.7. The quantitative estimate of drug-likeness (QED) is 0.536. The lowest BCUT2D eigenvalue weighted by atomic mass is 10.1. The SMILES string of the molecule is CCN(CC)C(CNC(=O)NCC(=O)Nc1ccc(F)c(F)c1F)c1ccsc1. The largest absolute Gasteiger partial charge is 0.336 e. The Bertz CT molecular complexity index is 829. The number of carbonyl (C=O) groups excluding carboxylic acids is 2. The summed E-state index contributed by atoms with van der Waals surface area (Å²) in [5.41, 5.74) is 0.584. The van der Waals surface area contributed by atoms with Crippen LogP contribution in [0, 0.1) is 17.5 Å². The summed E-state index contributed by atoms with van der Waals surface area (Å²) in [6.45, 7) is 5.56. The molecule has 0 saturated heterocycles. The number of urea groups is 1. The van der Waals surface area contributed by atoms with E-state index in [0.29, 0.717) is 12.6 Å². The van der Waals surface area contributed by atoms with Crippen LogP contribution in [0.3, 0.4) is 0 Å². The number of hydrogen-bond acceptors (Lipinski definition) is 4. The topological polar surface area (TPSA) is 73.5 Å². The van der Waals surface area contributed by atoms with Gasteiger partial charge in [-0.2, -0.15) is 11.3 Å². The molecule has 0 fully saturated rings. The van der Waals surface area contributed by atoms with Gasteiger partial charge < -0.3 is 16.0 Å². The highest BCUT2D eigenvalue weighted by atomic mass is 32.1. The Balaban J connectivity index is 1.85. The first-order chi connectivity index (χ1) is 13.9. The average molecular weight is 428 g/mol. The molecule has 29 heavy (non-hydrogen) atoms. The molecule has 1 aromatic heterocycles. The molecule has 0 spiro atoms. The van der Waals surface area contributed by atoms with Crippen molar-refractivity contribution in [3.05, 3.63) is 52.0 Å². The Hall–Kier alpha value is -2.59. The minimum Gasteiger partial charge on any atom is -0.336 e. The average Bonchev–Trinajstić information content (AvgIpc) is 3.24. The predicted octanol–water partition coefficient (Wildman–Crippen LogP) is 3.49. The summed E-state index contributed by atoms with van der Waals surface area (Å²) in [6.07, 6.45) is 0. The molecule has 0 aliphatic carbocycles. The molecule has 10 heteroatoms. The molecule has 1 unspecified atom stereocenters. The lowest BCUT2D eigenvalue weighted by Crippen LogP contribution is -2.44. The zero-order chi connectivity index (χ0) is 21.4. The Morgan fingerprint density at radius 3 is 2.41 bits per heavy atom. The second-order valence-corrected chi connectivity index (χ2v) is 6.91.